The molecule has 1 aromatic carbocycles. The molecule has 1 saturated heterocycles. The van der Waals surface area contributed by atoms with Crippen LogP contribution in [0.15, 0.2) is 24.3 Å². The fraction of sp³-hybridized carbons (Fsp3) is 0.357. The van der Waals surface area contributed by atoms with E-state index in [9.17, 15) is 14.4 Å². The molecule has 7 nitrogen and oxygen atoms in total. The highest BCUT2D eigenvalue weighted by molar-refractivity contribution is 6.33. The number of halogens is 1. The number of likely N-dealkylation sites (tertiary alicyclic amines) is 1. The van der Waals surface area contributed by atoms with E-state index in [1.54, 1.807) is 24.3 Å². The third kappa shape index (κ3) is 3.88. The second kappa shape index (κ2) is 7.13. The van der Waals surface area contributed by atoms with Gasteiger partial charge in [-0.05, 0) is 25.0 Å². The number of rotatable bonds is 2. The predicted molar refractivity (Wildman–Crippen MR) is 80.9 cm³/mol. The van der Waals surface area contributed by atoms with E-state index in [1.807, 2.05) is 0 Å². The molecule has 0 radical (unpaired) electrons. The molecule has 1 atom stereocenters. The zero-order chi connectivity index (χ0) is 16.1. The Bertz CT molecular complexity index is 593. The minimum absolute atomic E-state index is 0.253. The molecule has 0 saturated carbocycles. The van der Waals surface area contributed by atoms with Crippen molar-refractivity contribution in [2.24, 2.45) is 11.7 Å². The standard InChI is InChI=1S/C14H17ClN4O3/c15-11-6-2-1-5-10(11)13(21)18-17-12(20)9-4-3-7-19(8-9)14(16)22/h1-2,5-6,9H,3-4,7-8H2,(H2,16,22)(H,17,20)(H,18,21)/t9-/m1/s1. The molecule has 4 N–H and O–H groups in total. The summed E-state index contributed by atoms with van der Waals surface area (Å²) in [6, 6.07) is 5.98. The number of primary amides is 1. The van der Waals surface area contributed by atoms with E-state index in [-0.39, 0.29) is 18.0 Å². The Morgan fingerprint density at radius 1 is 1.23 bits per heavy atom. The van der Waals surface area contributed by atoms with Gasteiger partial charge in [0.05, 0.1) is 16.5 Å². The van der Waals surface area contributed by atoms with Gasteiger partial charge in [0.1, 0.15) is 0 Å². The van der Waals surface area contributed by atoms with Crippen molar-refractivity contribution in [1.82, 2.24) is 15.8 Å². The van der Waals surface area contributed by atoms with Crippen LogP contribution >= 0.6 is 11.6 Å². The molecular formula is C14H17ClN4O3. The van der Waals surface area contributed by atoms with Crippen molar-refractivity contribution in [3.8, 4) is 0 Å². The normalized spacial score (nSPS) is 17.7. The van der Waals surface area contributed by atoms with Crippen LogP contribution in [0.5, 0.6) is 0 Å². The van der Waals surface area contributed by atoms with Gasteiger partial charge in [-0.3, -0.25) is 20.4 Å². The molecule has 0 unspecified atom stereocenters. The minimum Gasteiger partial charge on any atom is -0.351 e. The first-order valence-electron chi connectivity index (χ1n) is 6.88. The first-order chi connectivity index (χ1) is 10.5. The van der Waals surface area contributed by atoms with E-state index in [4.69, 9.17) is 17.3 Å². The largest absolute Gasteiger partial charge is 0.351 e. The van der Waals surface area contributed by atoms with Crippen molar-refractivity contribution >= 4 is 29.4 Å². The summed E-state index contributed by atoms with van der Waals surface area (Å²) in [7, 11) is 0. The van der Waals surface area contributed by atoms with Gasteiger partial charge in [0.25, 0.3) is 5.91 Å². The summed E-state index contributed by atoms with van der Waals surface area (Å²) >= 11 is 5.91. The molecular weight excluding hydrogens is 308 g/mol. The molecule has 8 heteroatoms. The smallest absolute Gasteiger partial charge is 0.314 e. The zero-order valence-corrected chi connectivity index (χ0v) is 12.6. The molecule has 4 amide bonds. The van der Waals surface area contributed by atoms with E-state index in [1.165, 1.54) is 4.90 Å². The summed E-state index contributed by atoms with van der Waals surface area (Å²) < 4.78 is 0. The maximum Gasteiger partial charge on any atom is 0.314 e. The van der Waals surface area contributed by atoms with Gasteiger partial charge in [-0.15, -0.1) is 0 Å². The van der Waals surface area contributed by atoms with E-state index >= 15 is 0 Å². The van der Waals surface area contributed by atoms with Crippen molar-refractivity contribution in [2.45, 2.75) is 12.8 Å². The van der Waals surface area contributed by atoms with Crippen molar-refractivity contribution in [1.29, 1.82) is 0 Å². The van der Waals surface area contributed by atoms with Crippen LogP contribution in [0.3, 0.4) is 0 Å². The second-order valence-electron chi connectivity index (χ2n) is 5.05. The number of carbonyl (C=O) groups excluding carboxylic acids is 3. The van der Waals surface area contributed by atoms with Crippen molar-refractivity contribution in [3.63, 3.8) is 0 Å². The highest BCUT2D eigenvalue weighted by Gasteiger charge is 2.27. The summed E-state index contributed by atoms with van der Waals surface area (Å²) in [5, 5.41) is 0.298. The monoisotopic (exact) mass is 324 g/mol. The maximum absolute atomic E-state index is 12.0. The highest BCUT2D eigenvalue weighted by atomic mass is 35.5. The van der Waals surface area contributed by atoms with Crippen LogP contribution in [-0.2, 0) is 4.79 Å². The highest BCUT2D eigenvalue weighted by Crippen LogP contribution is 2.16. The molecule has 1 heterocycles. The van der Waals surface area contributed by atoms with Crippen LogP contribution in [0.25, 0.3) is 0 Å². The topological polar surface area (TPSA) is 105 Å². The van der Waals surface area contributed by atoms with Gasteiger partial charge in [0, 0.05) is 13.1 Å². The summed E-state index contributed by atoms with van der Waals surface area (Å²) in [4.78, 5) is 36.5. The zero-order valence-electron chi connectivity index (χ0n) is 11.8. The molecule has 0 aliphatic carbocycles. The molecule has 1 aromatic rings. The molecule has 118 valence electrons. The number of carbonyl (C=O) groups is 3. The van der Waals surface area contributed by atoms with Crippen LogP contribution in [-0.4, -0.2) is 35.8 Å². The molecule has 2 rings (SSSR count). The lowest BCUT2D eigenvalue weighted by molar-refractivity contribution is -0.127. The van der Waals surface area contributed by atoms with Gasteiger partial charge in [-0.2, -0.15) is 0 Å². The van der Waals surface area contributed by atoms with Crippen LogP contribution < -0.4 is 16.6 Å². The van der Waals surface area contributed by atoms with Gasteiger partial charge >= 0.3 is 6.03 Å². The molecule has 1 fully saturated rings. The quantitative estimate of drug-likeness (QED) is 0.704. The number of amides is 4. The summed E-state index contributed by atoms with van der Waals surface area (Å²) in [5.41, 5.74) is 10.2. The van der Waals surface area contributed by atoms with Gasteiger partial charge in [0.15, 0.2) is 0 Å². The first-order valence-corrected chi connectivity index (χ1v) is 7.26. The minimum atomic E-state index is -0.544. The van der Waals surface area contributed by atoms with Crippen LogP contribution in [0.1, 0.15) is 23.2 Å². The van der Waals surface area contributed by atoms with E-state index < -0.39 is 17.9 Å². The fourth-order valence-electron chi connectivity index (χ4n) is 2.32. The van der Waals surface area contributed by atoms with Crippen LogP contribution in [0.2, 0.25) is 5.02 Å². The van der Waals surface area contributed by atoms with Crippen LogP contribution in [0.4, 0.5) is 4.79 Å². The second-order valence-corrected chi connectivity index (χ2v) is 5.45. The van der Waals surface area contributed by atoms with Gasteiger partial charge in [0.2, 0.25) is 5.91 Å². The molecule has 22 heavy (non-hydrogen) atoms. The number of benzene rings is 1. The van der Waals surface area contributed by atoms with Gasteiger partial charge in [-0.25, -0.2) is 4.79 Å². The Hall–Kier alpha value is -2.28. The average molecular weight is 325 g/mol. The molecule has 1 aliphatic heterocycles. The summed E-state index contributed by atoms with van der Waals surface area (Å²) in [6.07, 6.45) is 1.33. The van der Waals surface area contributed by atoms with E-state index in [2.05, 4.69) is 10.9 Å². The summed E-state index contributed by atoms with van der Waals surface area (Å²) in [6.45, 7) is 0.800. The molecule has 0 bridgehead atoms. The Morgan fingerprint density at radius 3 is 2.64 bits per heavy atom. The number of piperidine rings is 1. The van der Waals surface area contributed by atoms with Crippen LogP contribution in [0, 0.1) is 5.92 Å². The molecule has 0 aromatic heterocycles. The Kier molecular flexibility index (Phi) is 5.21. The maximum atomic E-state index is 12.0. The Morgan fingerprint density at radius 2 is 1.95 bits per heavy atom. The van der Waals surface area contributed by atoms with E-state index in [0.717, 1.165) is 0 Å². The van der Waals surface area contributed by atoms with Crippen molar-refractivity contribution < 1.29 is 14.4 Å². The predicted octanol–water partition coefficient (Wildman–Crippen LogP) is 0.892. The first kappa shape index (κ1) is 16.1. The lowest BCUT2D eigenvalue weighted by atomic mass is 9.98. The number of nitrogens with zero attached hydrogens (tertiary/aromatic N) is 1. The summed E-state index contributed by atoms with van der Waals surface area (Å²) in [5.74, 6) is -1.25. The molecule has 0 spiro atoms. The number of hydrogen-bond acceptors (Lipinski definition) is 3. The Balaban J connectivity index is 1.89. The number of hydrazine groups is 1. The SMILES string of the molecule is NC(=O)N1CCC[C@@H](C(=O)NNC(=O)c2ccccc2Cl)C1. The average Bonchev–Trinajstić information content (AvgIpc) is 2.52. The third-order valence-corrected chi connectivity index (χ3v) is 3.85. The lowest BCUT2D eigenvalue weighted by Crippen LogP contribution is -2.51. The van der Waals surface area contributed by atoms with Gasteiger partial charge in [-0.1, -0.05) is 23.7 Å². The third-order valence-electron chi connectivity index (χ3n) is 3.52. The molecule has 1 aliphatic rings. The number of nitrogens with two attached hydrogens (primary N) is 1. The lowest BCUT2D eigenvalue weighted by Gasteiger charge is -2.30. The van der Waals surface area contributed by atoms with E-state index in [0.29, 0.717) is 24.4 Å². The van der Waals surface area contributed by atoms with Gasteiger partial charge < -0.3 is 10.6 Å². The van der Waals surface area contributed by atoms with Crippen molar-refractivity contribution in [2.75, 3.05) is 13.1 Å². The number of urea groups is 1. The number of hydrogen-bond donors (Lipinski definition) is 3. The van der Waals surface area contributed by atoms with Crippen molar-refractivity contribution in [3.05, 3.63) is 34.9 Å². The fourth-order valence-corrected chi connectivity index (χ4v) is 2.55. The Labute approximate surface area is 132 Å². The number of nitrogens with one attached hydrogen (secondary N) is 2.